The average Bonchev–Trinajstić information content (AvgIpc) is 2.77. The normalized spacial score (nSPS) is 13.1. The van der Waals surface area contributed by atoms with Crippen LogP contribution in [0.3, 0.4) is 0 Å². The van der Waals surface area contributed by atoms with Crippen molar-refractivity contribution >= 4 is 16.3 Å². The number of rotatable bonds is 23. The Balaban J connectivity index is 0. The summed E-state index contributed by atoms with van der Waals surface area (Å²) < 4.78 is 31.6. The molecular formula is C27H58N2O5S. The number of nitrogens with one attached hydrogen (secondary N) is 1. The van der Waals surface area contributed by atoms with E-state index >= 15 is 0 Å². The third-order valence-corrected chi connectivity index (χ3v) is 6.43. The summed E-state index contributed by atoms with van der Waals surface area (Å²) in [5, 5.41) is 3.06. The Labute approximate surface area is 217 Å². The molecule has 212 valence electrons. The quantitative estimate of drug-likeness (QED) is 0.0817. The van der Waals surface area contributed by atoms with Crippen molar-refractivity contribution in [3.05, 3.63) is 0 Å². The van der Waals surface area contributed by atoms with Crippen LogP contribution < -0.4 is 11.1 Å². The molecule has 0 radical (unpaired) electrons. The smallest absolute Gasteiger partial charge is 0.352 e. The highest BCUT2D eigenvalue weighted by Crippen LogP contribution is 2.14. The molecule has 0 fully saturated rings. The molecular weight excluding hydrogens is 464 g/mol. The van der Waals surface area contributed by atoms with E-state index in [0.29, 0.717) is 6.42 Å². The van der Waals surface area contributed by atoms with Crippen molar-refractivity contribution in [3.63, 3.8) is 0 Å². The molecule has 0 heterocycles. The van der Waals surface area contributed by atoms with Crippen molar-refractivity contribution < 1.29 is 22.3 Å². The second kappa shape index (κ2) is 26.4. The van der Waals surface area contributed by atoms with E-state index in [1.165, 1.54) is 116 Å². The van der Waals surface area contributed by atoms with Crippen molar-refractivity contribution in [2.45, 2.75) is 168 Å². The Kier molecular flexibility index (Phi) is 27.5. The van der Waals surface area contributed by atoms with Crippen LogP contribution in [0.25, 0.3) is 0 Å². The Bertz CT molecular complexity index is 548. The maximum Gasteiger partial charge on any atom is 0.394 e. The zero-order chi connectivity index (χ0) is 26.8. The molecule has 0 aromatic carbocycles. The molecule has 0 aliphatic rings. The number of unbranched alkanes of at least 4 members (excludes halogenated alkanes) is 18. The third-order valence-electron chi connectivity index (χ3n) is 6.43. The van der Waals surface area contributed by atoms with Crippen molar-refractivity contribution in [1.29, 1.82) is 0 Å². The number of amides is 1. The number of carbonyl (C=O) groups excluding carboxylic acids is 1. The number of hydrogen-bond donors (Lipinski definition) is 4. The molecule has 0 rings (SSSR count). The van der Waals surface area contributed by atoms with E-state index in [4.69, 9.17) is 23.3 Å². The van der Waals surface area contributed by atoms with Crippen LogP contribution in [0.1, 0.15) is 156 Å². The first-order valence-corrected chi connectivity index (χ1v) is 15.8. The van der Waals surface area contributed by atoms with E-state index < -0.39 is 10.4 Å². The van der Waals surface area contributed by atoms with Gasteiger partial charge in [-0.1, -0.05) is 129 Å². The standard InChI is InChI=1S/C27H56N2O.H2O4S/c1-4-6-7-8-9-10-11-12-13-14-15-16-17-18-19-20-21-22-23-24-27(30)29-26(5-2)25(3)28;1-5(2,3)4/h25-26H,4-24,28H2,1-3H3,(H,29,30);(H2,1,2,3,4). The van der Waals surface area contributed by atoms with Gasteiger partial charge in [-0.15, -0.1) is 0 Å². The van der Waals surface area contributed by atoms with Crippen LogP contribution in [0.4, 0.5) is 0 Å². The minimum Gasteiger partial charge on any atom is -0.352 e. The van der Waals surface area contributed by atoms with Crippen molar-refractivity contribution in [1.82, 2.24) is 5.32 Å². The minimum atomic E-state index is -4.67. The highest BCUT2D eigenvalue weighted by Gasteiger charge is 2.13. The van der Waals surface area contributed by atoms with E-state index in [-0.39, 0.29) is 18.0 Å². The Hall–Kier alpha value is -0.700. The van der Waals surface area contributed by atoms with Gasteiger partial charge in [0.1, 0.15) is 0 Å². The van der Waals surface area contributed by atoms with Crippen LogP contribution in [0.2, 0.25) is 0 Å². The summed E-state index contributed by atoms with van der Waals surface area (Å²) in [5.74, 6) is 0.172. The zero-order valence-electron chi connectivity index (χ0n) is 23.1. The second-order valence-electron chi connectivity index (χ2n) is 10.0. The lowest BCUT2D eigenvalue weighted by molar-refractivity contribution is -0.122. The van der Waals surface area contributed by atoms with Crippen LogP contribution in [0, 0.1) is 0 Å². The molecule has 0 aliphatic carbocycles. The zero-order valence-corrected chi connectivity index (χ0v) is 23.9. The van der Waals surface area contributed by atoms with Gasteiger partial charge in [-0.3, -0.25) is 13.9 Å². The van der Waals surface area contributed by atoms with Gasteiger partial charge in [0.05, 0.1) is 0 Å². The average molecular weight is 523 g/mol. The lowest BCUT2D eigenvalue weighted by Crippen LogP contribution is -2.45. The monoisotopic (exact) mass is 522 g/mol. The van der Waals surface area contributed by atoms with E-state index in [1.54, 1.807) is 0 Å². The molecule has 0 spiro atoms. The molecule has 0 aliphatic heterocycles. The maximum absolute atomic E-state index is 11.9. The van der Waals surface area contributed by atoms with Crippen LogP contribution >= 0.6 is 0 Å². The summed E-state index contributed by atoms with van der Waals surface area (Å²) in [6, 6.07) is 0.155. The molecule has 0 saturated heterocycles. The fraction of sp³-hybridized carbons (Fsp3) is 0.963. The SMILES string of the molecule is CCCCCCCCCCCCCCCCCCCCCC(=O)NC(CC)C(C)N.O=S(=O)(O)O. The first-order chi connectivity index (χ1) is 16.6. The highest BCUT2D eigenvalue weighted by molar-refractivity contribution is 7.79. The van der Waals surface area contributed by atoms with Gasteiger partial charge < -0.3 is 11.1 Å². The van der Waals surface area contributed by atoms with E-state index in [9.17, 15) is 4.79 Å². The first kappa shape index (κ1) is 36.5. The van der Waals surface area contributed by atoms with E-state index in [2.05, 4.69) is 19.2 Å². The third kappa shape index (κ3) is 35.5. The van der Waals surface area contributed by atoms with E-state index in [1.807, 2.05) is 6.92 Å². The fourth-order valence-corrected chi connectivity index (χ4v) is 4.25. The summed E-state index contributed by atoms with van der Waals surface area (Å²) in [5.41, 5.74) is 5.88. The largest absolute Gasteiger partial charge is 0.394 e. The van der Waals surface area contributed by atoms with Gasteiger partial charge in [0.15, 0.2) is 0 Å². The first-order valence-electron chi connectivity index (χ1n) is 14.4. The van der Waals surface area contributed by atoms with Gasteiger partial charge in [0.25, 0.3) is 0 Å². The summed E-state index contributed by atoms with van der Waals surface area (Å²) in [6.07, 6.45) is 27.8. The Morgan fingerprint density at radius 2 is 0.971 bits per heavy atom. The molecule has 0 aromatic heterocycles. The molecule has 0 bridgehead atoms. The summed E-state index contributed by atoms with van der Waals surface area (Å²) in [4.78, 5) is 11.9. The van der Waals surface area contributed by atoms with Crippen molar-refractivity contribution in [2.24, 2.45) is 5.73 Å². The fourth-order valence-electron chi connectivity index (χ4n) is 4.25. The van der Waals surface area contributed by atoms with Gasteiger partial charge in [0.2, 0.25) is 5.91 Å². The maximum atomic E-state index is 11.9. The molecule has 0 aromatic rings. The van der Waals surface area contributed by atoms with Gasteiger partial charge in [0, 0.05) is 18.5 Å². The summed E-state index contributed by atoms with van der Waals surface area (Å²) in [7, 11) is -4.67. The molecule has 1 amide bonds. The van der Waals surface area contributed by atoms with Crippen molar-refractivity contribution in [3.8, 4) is 0 Å². The minimum absolute atomic E-state index is 0.0315. The van der Waals surface area contributed by atoms with Gasteiger partial charge >= 0.3 is 10.4 Å². The number of nitrogens with two attached hydrogens (primary N) is 1. The van der Waals surface area contributed by atoms with Gasteiger partial charge in [-0.2, -0.15) is 8.42 Å². The molecule has 2 unspecified atom stereocenters. The van der Waals surface area contributed by atoms with Gasteiger partial charge in [-0.25, -0.2) is 0 Å². The van der Waals surface area contributed by atoms with Crippen LogP contribution in [-0.4, -0.2) is 35.5 Å². The lowest BCUT2D eigenvalue weighted by Gasteiger charge is -2.20. The summed E-state index contributed by atoms with van der Waals surface area (Å²) >= 11 is 0. The molecule has 35 heavy (non-hydrogen) atoms. The molecule has 0 saturated carbocycles. The molecule has 8 heteroatoms. The molecule has 7 nitrogen and oxygen atoms in total. The van der Waals surface area contributed by atoms with Crippen LogP contribution in [0.15, 0.2) is 0 Å². The Morgan fingerprint density at radius 3 is 1.23 bits per heavy atom. The predicted molar refractivity (Wildman–Crippen MR) is 148 cm³/mol. The van der Waals surface area contributed by atoms with Crippen molar-refractivity contribution in [2.75, 3.05) is 0 Å². The van der Waals surface area contributed by atoms with E-state index in [0.717, 1.165) is 12.8 Å². The van der Waals surface area contributed by atoms with Crippen LogP contribution in [-0.2, 0) is 15.2 Å². The predicted octanol–water partition coefficient (Wildman–Crippen LogP) is 7.40. The topological polar surface area (TPSA) is 130 Å². The lowest BCUT2D eigenvalue weighted by atomic mass is 10.0. The highest BCUT2D eigenvalue weighted by atomic mass is 32.3. The number of carbonyl (C=O) groups is 1. The molecule has 2 atom stereocenters. The number of hydrogen-bond acceptors (Lipinski definition) is 4. The summed E-state index contributed by atoms with van der Waals surface area (Å²) in [6.45, 7) is 6.33. The van der Waals surface area contributed by atoms with Crippen LogP contribution in [0.5, 0.6) is 0 Å². The molecule has 5 N–H and O–H groups in total. The second-order valence-corrected chi connectivity index (χ2v) is 10.9. The Morgan fingerprint density at radius 1 is 0.686 bits per heavy atom. The van der Waals surface area contributed by atoms with Gasteiger partial charge in [-0.05, 0) is 19.8 Å².